The number of phenolic OH excluding ortho intramolecular Hbond substituents is 1. The van der Waals surface area contributed by atoms with Crippen LogP contribution in [0.2, 0.25) is 0 Å². The molecule has 0 bridgehead atoms. The molecule has 5 heteroatoms. The van der Waals surface area contributed by atoms with Gasteiger partial charge in [-0.3, -0.25) is 4.99 Å². The molecule has 1 aromatic carbocycles. The van der Waals surface area contributed by atoms with Gasteiger partial charge in [0.15, 0.2) is 5.75 Å². The SMILES string of the molecule is CC(C)Cc1cc(I)c(O)c(N2C=NCC2)c1.Cl. The smallest absolute Gasteiger partial charge is 0.152 e. The zero-order valence-corrected chi connectivity index (χ0v) is 13.5. The van der Waals surface area contributed by atoms with Gasteiger partial charge in [-0.15, -0.1) is 12.4 Å². The molecule has 0 aliphatic carbocycles. The summed E-state index contributed by atoms with van der Waals surface area (Å²) >= 11 is 2.19. The summed E-state index contributed by atoms with van der Waals surface area (Å²) in [4.78, 5) is 6.21. The predicted molar refractivity (Wildman–Crippen MR) is 87.3 cm³/mol. The minimum atomic E-state index is 0. The highest BCUT2D eigenvalue weighted by molar-refractivity contribution is 14.1. The Labute approximate surface area is 128 Å². The van der Waals surface area contributed by atoms with Crippen LogP contribution in [0.3, 0.4) is 0 Å². The van der Waals surface area contributed by atoms with Crippen LogP contribution in [0, 0.1) is 9.49 Å². The van der Waals surface area contributed by atoms with Crippen molar-refractivity contribution >= 4 is 47.0 Å². The molecule has 3 nitrogen and oxygen atoms in total. The van der Waals surface area contributed by atoms with E-state index in [1.807, 2.05) is 11.2 Å². The summed E-state index contributed by atoms with van der Waals surface area (Å²) in [6, 6.07) is 4.14. The van der Waals surface area contributed by atoms with Gasteiger partial charge in [0.05, 0.1) is 22.1 Å². The molecule has 1 aromatic rings. The van der Waals surface area contributed by atoms with Crippen molar-refractivity contribution in [1.82, 2.24) is 0 Å². The lowest BCUT2D eigenvalue weighted by atomic mass is 10.0. The van der Waals surface area contributed by atoms with Crippen LogP contribution in [-0.4, -0.2) is 24.5 Å². The lowest BCUT2D eigenvalue weighted by molar-refractivity contribution is 0.472. The Hall–Kier alpha value is -0.490. The van der Waals surface area contributed by atoms with Gasteiger partial charge in [-0.25, -0.2) is 0 Å². The fourth-order valence-corrected chi connectivity index (χ4v) is 2.69. The van der Waals surface area contributed by atoms with Crippen LogP contribution >= 0.6 is 35.0 Å². The van der Waals surface area contributed by atoms with Crippen molar-refractivity contribution in [2.24, 2.45) is 10.9 Å². The molecule has 0 saturated heterocycles. The average molecular weight is 381 g/mol. The maximum absolute atomic E-state index is 10.1. The lowest BCUT2D eigenvalue weighted by Crippen LogP contribution is -2.18. The topological polar surface area (TPSA) is 35.8 Å². The second kappa shape index (κ2) is 6.61. The molecule has 0 amide bonds. The first kappa shape index (κ1) is 15.6. The molecule has 1 heterocycles. The molecule has 0 spiro atoms. The minimum Gasteiger partial charge on any atom is -0.505 e. The van der Waals surface area contributed by atoms with E-state index in [9.17, 15) is 5.11 Å². The van der Waals surface area contributed by atoms with E-state index in [4.69, 9.17) is 0 Å². The summed E-state index contributed by atoms with van der Waals surface area (Å²) in [5.74, 6) is 0.988. The number of phenols is 1. The molecular formula is C13H18ClIN2O. The van der Waals surface area contributed by atoms with Crippen LogP contribution in [0.5, 0.6) is 5.75 Å². The monoisotopic (exact) mass is 380 g/mol. The molecule has 0 unspecified atom stereocenters. The maximum atomic E-state index is 10.1. The van der Waals surface area contributed by atoms with Gasteiger partial charge in [0.1, 0.15) is 0 Å². The number of hydrogen-bond acceptors (Lipinski definition) is 3. The summed E-state index contributed by atoms with van der Waals surface area (Å²) in [5.41, 5.74) is 2.16. The number of hydrogen-bond donors (Lipinski definition) is 1. The highest BCUT2D eigenvalue weighted by atomic mass is 127. The molecule has 2 rings (SSSR count). The molecule has 1 N–H and O–H groups in total. The second-order valence-electron chi connectivity index (χ2n) is 4.76. The Kier molecular flexibility index (Phi) is 5.72. The highest BCUT2D eigenvalue weighted by Gasteiger charge is 2.16. The van der Waals surface area contributed by atoms with E-state index in [2.05, 4.69) is 53.6 Å². The third-order valence-corrected chi connectivity index (χ3v) is 3.57. The van der Waals surface area contributed by atoms with Crippen LogP contribution < -0.4 is 4.90 Å². The zero-order valence-electron chi connectivity index (χ0n) is 10.6. The first-order valence-corrected chi connectivity index (χ1v) is 6.94. The first-order chi connectivity index (χ1) is 8.08. The van der Waals surface area contributed by atoms with E-state index >= 15 is 0 Å². The third-order valence-electron chi connectivity index (χ3n) is 2.75. The Morgan fingerprint density at radius 1 is 1.44 bits per heavy atom. The Bertz CT molecular complexity index is 449. The van der Waals surface area contributed by atoms with E-state index in [-0.39, 0.29) is 12.4 Å². The third kappa shape index (κ3) is 3.51. The van der Waals surface area contributed by atoms with E-state index in [1.165, 1.54) is 5.56 Å². The Morgan fingerprint density at radius 2 is 2.17 bits per heavy atom. The van der Waals surface area contributed by atoms with Gasteiger partial charge in [0, 0.05) is 6.54 Å². The summed E-state index contributed by atoms with van der Waals surface area (Å²) in [5, 5.41) is 10.1. The molecule has 0 aromatic heterocycles. The van der Waals surface area contributed by atoms with E-state index < -0.39 is 0 Å². The number of aromatic hydroxyl groups is 1. The van der Waals surface area contributed by atoms with Crippen LogP contribution in [0.15, 0.2) is 17.1 Å². The van der Waals surface area contributed by atoms with Gasteiger partial charge in [0.25, 0.3) is 0 Å². The number of anilines is 1. The van der Waals surface area contributed by atoms with Gasteiger partial charge in [-0.1, -0.05) is 13.8 Å². The lowest BCUT2D eigenvalue weighted by Gasteiger charge is -2.18. The van der Waals surface area contributed by atoms with Crippen molar-refractivity contribution in [2.75, 3.05) is 18.0 Å². The first-order valence-electron chi connectivity index (χ1n) is 5.86. The van der Waals surface area contributed by atoms with Crippen LogP contribution in [0.4, 0.5) is 5.69 Å². The Balaban J connectivity index is 0.00000162. The summed E-state index contributed by atoms with van der Waals surface area (Å²) in [7, 11) is 0. The molecule has 0 radical (unpaired) electrons. The van der Waals surface area contributed by atoms with Crippen molar-refractivity contribution in [3.63, 3.8) is 0 Å². The number of halogens is 2. The van der Waals surface area contributed by atoms with E-state index in [0.29, 0.717) is 11.7 Å². The molecule has 100 valence electrons. The van der Waals surface area contributed by atoms with Gasteiger partial charge >= 0.3 is 0 Å². The van der Waals surface area contributed by atoms with Crippen molar-refractivity contribution in [3.8, 4) is 5.75 Å². The van der Waals surface area contributed by atoms with E-state index in [0.717, 1.165) is 28.8 Å². The molecule has 1 aliphatic heterocycles. The van der Waals surface area contributed by atoms with Crippen LogP contribution in [-0.2, 0) is 6.42 Å². The Morgan fingerprint density at radius 3 is 2.72 bits per heavy atom. The standard InChI is InChI=1S/C13H17IN2O.ClH/c1-9(2)5-10-6-11(14)13(17)12(7-10)16-4-3-15-8-16;/h6-9,17H,3-5H2,1-2H3;1H. The van der Waals surface area contributed by atoms with E-state index in [1.54, 1.807) is 0 Å². The zero-order chi connectivity index (χ0) is 12.4. The fraction of sp³-hybridized carbons (Fsp3) is 0.462. The predicted octanol–water partition coefficient (Wildman–Crippen LogP) is 3.47. The van der Waals surface area contributed by atoms with Gasteiger partial charge in [-0.05, 0) is 52.6 Å². The van der Waals surface area contributed by atoms with Crippen LogP contribution in [0.1, 0.15) is 19.4 Å². The summed E-state index contributed by atoms with van der Waals surface area (Å²) in [6.45, 7) is 6.08. The van der Waals surface area contributed by atoms with Crippen molar-refractivity contribution in [1.29, 1.82) is 0 Å². The second-order valence-corrected chi connectivity index (χ2v) is 5.92. The minimum absolute atomic E-state index is 0. The molecule has 0 saturated carbocycles. The molecule has 1 aliphatic rings. The number of rotatable bonds is 3. The normalized spacial score (nSPS) is 14.1. The molecule has 0 fully saturated rings. The quantitative estimate of drug-likeness (QED) is 0.815. The molecule has 0 atom stereocenters. The van der Waals surface area contributed by atoms with Crippen molar-refractivity contribution in [3.05, 3.63) is 21.3 Å². The highest BCUT2D eigenvalue weighted by Crippen LogP contribution is 2.34. The van der Waals surface area contributed by atoms with Gasteiger partial charge < -0.3 is 10.0 Å². The largest absolute Gasteiger partial charge is 0.505 e. The fourth-order valence-electron chi connectivity index (χ4n) is 2.01. The van der Waals surface area contributed by atoms with Gasteiger partial charge in [-0.2, -0.15) is 0 Å². The van der Waals surface area contributed by atoms with Crippen molar-refractivity contribution in [2.45, 2.75) is 20.3 Å². The maximum Gasteiger partial charge on any atom is 0.152 e. The molecular weight excluding hydrogens is 363 g/mol. The summed E-state index contributed by atoms with van der Waals surface area (Å²) in [6.07, 6.45) is 2.85. The van der Waals surface area contributed by atoms with Crippen molar-refractivity contribution < 1.29 is 5.11 Å². The average Bonchev–Trinajstić information content (AvgIpc) is 2.75. The van der Waals surface area contributed by atoms with Gasteiger partial charge in [0.2, 0.25) is 0 Å². The number of aliphatic imine (C=N–C) groups is 1. The van der Waals surface area contributed by atoms with Crippen LogP contribution in [0.25, 0.3) is 0 Å². The number of benzene rings is 1. The molecule has 18 heavy (non-hydrogen) atoms. The summed E-state index contributed by atoms with van der Waals surface area (Å²) < 4.78 is 0.913. The number of nitrogens with zero attached hydrogens (tertiary/aromatic N) is 2.